The molecule has 1 aromatic carbocycles. The van der Waals surface area contributed by atoms with Crippen LogP contribution < -0.4 is 10.6 Å². The van der Waals surface area contributed by atoms with Gasteiger partial charge in [-0.25, -0.2) is 14.4 Å². The molecule has 1 heterocycles. The fourth-order valence-electron chi connectivity index (χ4n) is 2.82. The Morgan fingerprint density at radius 3 is 1.94 bits per heavy atom. The van der Waals surface area contributed by atoms with Crippen LogP contribution in [-0.4, -0.2) is 41.6 Å². The van der Waals surface area contributed by atoms with E-state index in [4.69, 9.17) is 14.2 Å². The first-order chi connectivity index (χ1) is 15.2. The molecule has 0 aromatic heterocycles. The number of ether oxygens (including phenoxy) is 3. The number of esters is 3. The summed E-state index contributed by atoms with van der Waals surface area (Å²) >= 11 is 0. The summed E-state index contributed by atoms with van der Waals surface area (Å²) in [5, 5.41) is 5.53. The Morgan fingerprint density at radius 1 is 0.879 bits per heavy atom. The average Bonchev–Trinajstić information content (AvgIpc) is 2.65. The first kappa shape index (κ1) is 25.6. The molecule has 0 unspecified atom stereocenters. The van der Waals surface area contributed by atoms with E-state index in [9.17, 15) is 19.2 Å². The highest BCUT2D eigenvalue weighted by molar-refractivity contribution is 6.20. The van der Waals surface area contributed by atoms with Crippen molar-refractivity contribution < 1.29 is 33.4 Å². The summed E-state index contributed by atoms with van der Waals surface area (Å²) in [6, 6.07) is 6.82. The van der Waals surface area contributed by atoms with Gasteiger partial charge in [0.05, 0.1) is 23.6 Å². The number of nitrogens with one attached hydrogen (secondary N) is 2. The van der Waals surface area contributed by atoms with Crippen LogP contribution in [-0.2, 0) is 33.4 Å². The Kier molecular flexibility index (Phi) is 7.68. The van der Waals surface area contributed by atoms with Crippen molar-refractivity contribution in [3.8, 4) is 0 Å². The number of rotatable bonds is 5. The van der Waals surface area contributed by atoms with Crippen molar-refractivity contribution in [2.24, 2.45) is 0 Å². The number of carbonyl (C=O) groups is 4. The number of anilines is 2. The van der Waals surface area contributed by atoms with Gasteiger partial charge in [0.25, 0.3) is 5.91 Å². The van der Waals surface area contributed by atoms with Gasteiger partial charge in [-0.3, -0.25) is 4.79 Å². The molecular formula is C24H30N2O7. The van der Waals surface area contributed by atoms with Gasteiger partial charge in [0.15, 0.2) is 0 Å². The van der Waals surface area contributed by atoms with Crippen LogP contribution in [0.15, 0.2) is 47.2 Å². The lowest BCUT2D eigenvalue weighted by Crippen LogP contribution is -2.33. The molecule has 0 radical (unpaired) electrons. The number of hydrogen-bond donors (Lipinski definition) is 2. The highest BCUT2D eigenvalue weighted by Gasteiger charge is 2.35. The van der Waals surface area contributed by atoms with Gasteiger partial charge in [0.1, 0.15) is 22.5 Å². The Balaban J connectivity index is 2.72. The third kappa shape index (κ3) is 7.20. The quantitative estimate of drug-likeness (QED) is 0.391. The molecule has 2 rings (SSSR count). The molecule has 0 saturated carbocycles. The lowest BCUT2D eigenvalue weighted by molar-refractivity contribution is -0.153. The van der Waals surface area contributed by atoms with E-state index in [0.717, 1.165) is 6.08 Å². The van der Waals surface area contributed by atoms with Gasteiger partial charge in [-0.15, -0.1) is 0 Å². The predicted octanol–water partition coefficient (Wildman–Crippen LogP) is 3.48. The Morgan fingerprint density at radius 2 is 1.42 bits per heavy atom. The second-order valence-corrected chi connectivity index (χ2v) is 9.19. The minimum atomic E-state index is -0.989. The van der Waals surface area contributed by atoms with Crippen LogP contribution in [0, 0.1) is 0 Å². The fraction of sp³-hybridized carbons (Fsp3) is 0.417. The molecule has 1 amide bonds. The van der Waals surface area contributed by atoms with Gasteiger partial charge < -0.3 is 24.8 Å². The minimum Gasteiger partial charge on any atom is -0.462 e. The number of benzene rings is 1. The molecule has 9 heteroatoms. The molecule has 9 nitrogen and oxygen atoms in total. The van der Waals surface area contributed by atoms with Crippen molar-refractivity contribution in [2.45, 2.75) is 59.7 Å². The smallest absolute Gasteiger partial charge is 0.341 e. The van der Waals surface area contributed by atoms with E-state index < -0.39 is 46.2 Å². The summed E-state index contributed by atoms with van der Waals surface area (Å²) < 4.78 is 15.8. The summed E-state index contributed by atoms with van der Waals surface area (Å²) in [5.74, 6) is -3.54. The topological polar surface area (TPSA) is 120 Å². The van der Waals surface area contributed by atoms with Crippen LogP contribution in [0.5, 0.6) is 0 Å². The van der Waals surface area contributed by atoms with E-state index >= 15 is 0 Å². The van der Waals surface area contributed by atoms with Crippen LogP contribution in [0.1, 0.15) is 48.5 Å². The van der Waals surface area contributed by atoms with Gasteiger partial charge >= 0.3 is 17.9 Å². The van der Waals surface area contributed by atoms with Crippen LogP contribution in [0.4, 0.5) is 11.4 Å². The Bertz CT molecular complexity index is 1020. The second-order valence-electron chi connectivity index (χ2n) is 9.19. The van der Waals surface area contributed by atoms with Crippen molar-refractivity contribution in [1.29, 1.82) is 0 Å². The van der Waals surface area contributed by atoms with E-state index in [1.807, 2.05) is 0 Å². The molecule has 0 bridgehead atoms. The van der Waals surface area contributed by atoms with E-state index in [2.05, 4.69) is 10.6 Å². The van der Waals surface area contributed by atoms with Crippen LogP contribution in [0.25, 0.3) is 0 Å². The molecule has 1 aliphatic rings. The van der Waals surface area contributed by atoms with Gasteiger partial charge in [-0.2, -0.15) is 0 Å². The maximum absolute atomic E-state index is 13.1. The van der Waals surface area contributed by atoms with Gasteiger partial charge in [-0.05, 0) is 60.6 Å². The molecule has 2 N–H and O–H groups in total. The zero-order valence-electron chi connectivity index (χ0n) is 20.0. The van der Waals surface area contributed by atoms with Crippen LogP contribution in [0.3, 0.4) is 0 Å². The molecule has 0 atom stereocenters. The lowest BCUT2D eigenvalue weighted by Gasteiger charge is -2.25. The highest BCUT2D eigenvalue weighted by atomic mass is 16.6. The molecule has 178 valence electrons. The van der Waals surface area contributed by atoms with E-state index in [0.29, 0.717) is 11.4 Å². The normalized spacial score (nSPS) is 15.5. The molecule has 0 aliphatic carbocycles. The molecule has 1 aromatic rings. The molecule has 1 aliphatic heterocycles. The number of carbonyl (C=O) groups excluding carboxylic acids is 4. The lowest BCUT2D eigenvalue weighted by atomic mass is 10.00. The van der Waals surface area contributed by atoms with E-state index in [-0.39, 0.29) is 12.3 Å². The highest BCUT2D eigenvalue weighted by Crippen LogP contribution is 2.31. The Labute approximate surface area is 193 Å². The number of amides is 1. The monoisotopic (exact) mass is 458 g/mol. The summed E-state index contributed by atoms with van der Waals surface area (Å²) in [5.41, 5.74) is -1.97. The maximum atomic E-state index is 13.1. The van der Waals surface area contributed by atoms with Crippen molar-refractivity contribution in [3.63, 3.8) is 0 Å². The van der Waals surface area contributed by atoms with Crippen molar-refractivity contribution >= 4 is 35.2 Å². The van der Waals surface area contributed by atoms with Crippen molar-refractivity contribution in [1.82, 2.24) is 0 Å². The molecule has 0 saturated heterocycles. The summed E-state index contributed by atoms with van der Waals surface area (Å²) in [6.45, 7) is 11.4. The maximum Gasteiger partial charge on any atom is 0.341 e. The van der Waals surface area contributed by atoms with Gasteiger partial charge in [0, 0.05) is 6.08 Å². The minimum absolute atomic E-state index is 0.0259. The fourth-order valence-corrected chi connectivity index (χ4v) is 2.82. The van der Waals surface area contributed by atoms with E-state index in [1.165, 1.54) is 0 Å². The first-order valence-corrected chi connectivity index (χ1v) is 10.5. The summed E-state index contributed by atoms with van der Waals surface area (Å²) in [4.78, 5) is 51.6. The van der Waals surface area contributed by atoms with E-state index in [1.54, 1.807) is 72.7 Å². The number of hydrogen-bond acceptors (Lipinski definition) is 8. The van der Waals surface area contributed by atoms with Crippen LogP contribution in [0.2, 0.25) is 0 Å². The largest absolute Gasteiger partial charge is 0.462 e. The standard InChI is InChI=1S/C24H30N2O7/c1-8-31-22(30)18(19-20(28)26-16-12-10-9-11-15(16)25-19)14(21(29)33-24(5,6)7)13-17(27)32-23(2,3)4/h9-13,25H,8H2,1-7H3,(H,26,28)/b14-13+,19-18-. The van der Waals surface area contributed by atoms with Gasteiger partial charge in [0.2, 0.25) is 0 Å². The van der Waals surface area contributed by atoms with Gasteiger partial charge in [-0.1, -0.05) is 12.1 Å². The third-order valence-corrected chi connectivity index (χ3v) is 3.95. The summed E-state index contributed by atoms with van der Waals surface area (Å²) in [6.07, 6.45) is 0.841. The zero-order chi connectivity index (χ0) is 25.0. The van der Waals surface area contributed by atoms with Crippen molar-refractivity contribution in [2.75, 3.05) is 17.2 Å². The predicted molar refractivity (Wildman–Crippen MR) is 122 cm³/mol. The second kappa shape index (κ2) is 9.89. The first-order valence-electron chi connectivity index (χ1n) is 10.5. The summed E-state index contributed by atoms with van der Waals surface area (Å²) in [7, 11) is 0. The van der Waals surface area contributed by atoms with Crippen LogP contribution >= 0.6 is 0 Å². The number of fused-ring (bicyclic) bond motifs is 1. The molecule has 0 spiro atoms. The zero-order valence-corrected chi connectivity index (χ0v) is 20.0. The SMILES string of the molecule is CCOC(=O)C(=C1\Nc2ccccc2NC1=O)/C(=C\C(=O)OC(C)(C)C)C(=O)OC(C)(C)C. The molecule has 0 fully saturated rings. The van der Waals surface area contributed by atoms with Crippen molar-refractivity contribution in [3.05, 3.63) is 47.2 Å². The number of para-hydroxylation sites is 2. The molecular weight excluding hydrogens is 428 g/mol. The average molecular weight is 459 g/mol. The third-order valence-electron chi connectivity index (χ3n) is 3.95. The Hall–Kier alpha value is -3.62. The molecule has 33 heavy (non-hydrogen) atoms.